The molecule has 0 spiro atoms. The lowest BCUT2D eigenvalue weighted by atomic mass is 10.0. The van der Waals surface area contributed by atoms with Crippen molar-refractivity contribution in [1.82, 2.24) is 19.6 Å². The highest BCUT2D eigenvalue weighted by Crippen LogP contribution is 2.17. The van der Waals surface area contributed by atoms with Gasteiger partial charge >= 0.3 is 0 Å². The van der Waals surface area contributed by atoms with Crippen molar-refractivity contribution in [2.45, 2.75) is 32.0 Å². The molecular formula is C13H25N5. The molecule has 1 atom stereocenters. The predicted molar refractivity (Wildman–Crippen MR) is 73.1 cm³/mol. The summed E-state index contributed by atoms with van der Waals surface area (Å²) in [6.07, 6.45) is 4.47. The lowest BCUT2D eigenvalue weighted by molar-refractivity contribution is 0.125. The van der Waals surface area contributed by atoms with E-state index < -0.39 is 0 Å². The smallest absolute Gasteiger partial charge is 0.0565 e. The summed E-state index contributed by atoms with van der Waals surface area (Å²) in [5.74, 6) is 0. The minimum absolute atomic E-state index is 0.578. The van der Waals surface area contributed by atoms with Crippen LogP contribution in [-0.4, -0.2) is 52.8 Å². The third kappa shape index (κ3) is 2.91. The Balaban J connectivity index is 2.02. The molecule has 0 radical (unpaired) electrons. The van der Waals surface area contributed by atoms with Crippen LogP contribution in [0.1, 0.15) is 24.1 Å². The van der Waals surface area contributed by atoms with Gasteiger partial charge in [-0.05, 0) is 33.5 Å². The molecule has 1 aromatic heterocycles. The van der Waals surface area contributed by atoms with E-state index in [1.165, 1.54) is 30.6 Å². The van der Waals surface area contributed by atoms with Gasteiger partial charge in [-0.25, -0.2) is 0 Å². The van der Waals surface area contributed by atoms with Crippen LogP contribution in [0.3, 0.4) is 0 Å². The molecule has 0 amide bonds. The fourth-order valence-corrected chi connectivity index (χ4v) is 2.69. The van der Waals surface area contributed by atoms with Crippen LogP contribution in [0, 0.1) is 0 Å². The van der Waals surface area contributed by atoms with Gasteiger partial charge < -0.3 is 10.6 Å². The van der Waals surface area contributed by atoms with E-state index in [0.29, 0.717) is 12.6 Å². The molecule has 0 saturated carbocycles. The summed E-state index contributed by atoms with van der Waals surface area (Å²) in [4.78, 5) is 4.85. The van der Waals surface area contributed by atoms with Crippen molar-refractivity contribution in [3.8, 4) is 0 Å². The van der Waals surface area contributed by atoms with E-state index in [9.17, 15) is 0 Å². The van der Waals surface area contributed by atoms with Crippen LogP contribution in [0.2, 0.25) is 0 Å². The average Bonchev–Trinajstić information content (AvgIpc) is 2.71. The Morgan fingerprint density at radius 2 is 2.28 bits per heavy atom. The minimum atomic E-state index is 0.578. The molecule has 1 unspecified atom stereocenters. The van der Waals surface area contributed by atoms with E-state index in [0.717, 1.165) is 13.1 Å². The molecule has 18 heavy (non-hydrogen) atoms. The zero-order valence-electron chi connectivity index (χ0n) is 11.8. The van der Waals surface area contributed by atoms with E-state index >= 15 is 0 Å². The van der Waals surface area contributed by atoms with Gasteiger partial charge in [0, 0.05) is 38.3 Å². The van der Waals surface area contributed by atoms with Crippen LogP contribution < -0.4 is 5.73 Å². The number of aromatic nitrogens is 2. The fraction of sp³-hybridized carbons (Fsp3) is 0.769. The van der Waals surface area contributed by atoms with Crippen LogP contribution in [-0.2, 0) is 20.1 Å². The molecule has 2 N–H and O–H groups in total. The lowest BCUT2D eigenvalue weighted by Gasteiger charge is -2.36. The molecular weight excluding hydrogens is 226 g/mol. The summed E-state index contributed by atoms with van der Waals surface area (Å²) < 4.78 is 1.96. The average molecular weight is 251 g/mol. The Morgan fingerprint density at radius 3 is 2.94 bits per heavy atom. The van der Waals surface area contributed by atoms with Crippen LogP contribution in [0.15, 0.2) is 6.20 Å². The topological polar surface area (TPSA) is 50.3 Å². The molecule has 2 heterocycles. The fourth-order valence-electron chi connectivity index (χ4n) is 2.69. The monoisotopic (exact) mass is 251 g/mol. The molecule has 102 valence electrons. The van der Waals surface area contributed by atoms with Crippen molar-refractivity contribution in [2.75, 3.05) is 27.2 Å². The van der Waals surface area contributed by atoms with Gasteiger partial charge in [-0.1, -0.05) is 0 Å². The van der Waals surface area contributed by atoms with Crippen molar-refractivity contribution in [3.05, 3.63) is 17.5 Å². The number of likely N-dealkylation sites (tertiary alicyclic amines) is 1. The maximum atomic E-state index is 5.76. The molecule has 5 heteroatoms. The van der Waals surface area contributed by atoms with Crippen LogP contribution in [0.25, 0.3) is 0 Å². The quantitative estimate of drug-likeness (QED) is 0.842. The first-order valence-corrected chi connectivity index (χ1v) is 6.70. The maximum Gasteiger partial charge on any atom is 0.0565 e. The number of rotatable bonds is 4. The molecule has 5 nitrogen and oxygen atoms in total. The van der Waals surface area contributed by atoms with E-state index in [1.807, 2.05) is 17.9 Å². The number of aryl methyl sites for hydroxylation is 1. The van der Waals surface area contributed by atoms with Crippen molar-refractivity contribution < 1.29 is 0 Å². The summed E-state index contributed by atoms with van der Waals surface area (Å²) in [6, 6.07) is 0.674. The highest BCUT2D eigenvalue weighted by Gasteiger charge is 2.22. The second kappa shape index (κ2) is 5.82. The van der Waals surface area contributed by atoms with Crippen molar-refractivity contribution in [2.24, 2.45) is 12.8 Å². The Labute approximate surface area is 110 Å². The molecule has 2 rings (SSSR count). The normalized spacial score (nSPS) is 21.7. The van der Waals surface area contributed by atoms with Gasteiger partial charge in [0.15, 0.2) is 0 Å². The van der Waals surface area contributed by atoms with Crippen molar-refractivity contribution in [1.29, 1.82) is 0 Å². The summed E-state index contributed by atoms with van der Waals surface area (Å²) in [6.45, 7) is 3.86. The summed E-state index contributed by atoms with van der Waals surface area (Å²) >= 11 is 0. The molecule has 0 aromatic carbocycles. The first-order chi connectivity index (χ1) is 8.61. The first kappa shape index (κ1) is 13.5. The van der Waals surface area contributed by atoms with Crippen LogP contribution in [0.4, 0.5) is 0 Å². The third-order valence-electron chi connectivity index (χ3n) is 3.95. The van der Waals surface area contributed by atoms with E-state index in [1.54, 1.807) is 0 Å². The molecule has 0 aliphatic carbocycles. The minimum Gasteiger partial charge on any atom is -0.326 e. The first-order valence-electron chi connectivity index (χ1n) is 6.70. The largest absolute Gasteiger partial charge is 0.326 e. The van der Waals surface area contributed by atoms with Crippen molar-refractivity contribution >= 4 is 0 Å². The Kier molecular flexibility index (Phi) is 4.37. The molecule has 0 bridgehead atoms. The molecule has 1 fully saturated rings. The number of hydrogen-bond donors (Lipinski definition) is 1. The number of nitrogens with zero attached hydrogens (tertiary/aromatic N) is 4. The highest BCUT2D eigenvalue weighted by atomic mass is 15.3. The van der Waals surface area contributed by atoms with Gasteiger partial charge in [-0.15, -0.1) is 0 Å². The standard InChI is InChI=1S/C13H25N5/c1-16(2)12-5-4-6-18(9-12)10-13-11(7-14)8-15-17(13)3/h8,12H,4-7,9-10,14H2,1-3H3. The number of piperidine rings is 1. The third-order valence-corrected chi connectivity index (χ3v) is 3.95. The Hall–Kier alpha value is -0.910. The number of hydrogen-bond acceptors (Lipinski definition) is 4. The van der Waals surface area contributed by atoms with Crippen LogP contribution in [0.5, 0.6) is 0 Å². The van der Waals surface area contributed by atoms with Gasteiger partial charge in [-0.3, -0.25) is 9.58 Å². The Bertz CT molecular complexity index is 385. The zero-order valence-corrected chi connectivity index (χ0v) is 11.8. The van der Waals surface area contributed by atoms with Gasteiger partial charge in [0.2, 0.25) is 0 Å². The van der Waals surface area contributed by atoms with Gasteiger partial charge in [-0.2, -0.15) is 5.10 Å². The summed E-state index contributed by atoms with van der Waals surface area (Å²) in [5.41, 5.74) is 8.20. The summed E-state index contributed by atoms with van der Waals surface area (Å²) in [5, 5.41) is 4.31. The van der Waals surface area contributed by atoms with E-state index in [4.69, 9.17) is 5.73 Å². The molecule has 1 saturated heterocycles. The van der Waals surface area contributed by atoms with Gasteiger partial charge in [0.1, 0.15) is 0 Å². The second-order valence-electron chi connectivity index (χ2n) is 5.44. The summed E-state index contributed by atoms with van der Waals surface area (Å²) in [7, 11) is 6.34. The highest BCUT2D eigenvalue weighted by molar-refractivity contribution is 5.17. The van der Waals surface area contributed by atoms with E-state index in [2.05, 4.69) is 29.0 Å². The number of nitrogens with two attached hydrogens (primary N) is 1. The van der Waals surface area contributed by atoms with E-state index in [-0.39, 0.29) is 0 Å². The van der Waals surface area contributed by atoms with Crippen LogP contribution >= 0.6 is 0 Å². The maximum absolute atomic E-state index is 5.76. The molecule has 1 aliphatic heterocycles. The molecule has 1 aliphatic rings. The SMILES string of the molecule is CN(C)C1CCCN(Cc2c(CN)cnn2C)C1. The zero-order chi connectivity index (χ0) is 13.1. The predicted octanol–water partition coefficient (Wildman–Crippen LogP) is 0.405. The number of likely N-dealkylation sites (N-methyl/N-ethyl adjacent to an activating group) is 1. The lowest BCUT2D eigenvalue weighted by Crippen LogP contribution is -2.44. The Morgan fingerprint density at radius 1 is 1.50 bits per heavy atom. The molecule has 1 aromatic rings. The van der Waals surface area contributed by atoms with Gasteiger partial charge in [0.25, 0.3) is 0 Å². The van der Waals surface area contributed by atoms with Crippen molar-refractivity contribution in [3.63, 3.8) is 0 Å². The second-order valence-corrected chi connectivity index (χ2v) is 5.44. The van der Waals surface area contributed by atoms with Gasteiger partial charge in [0.05, 0.1) is 11.9 Å².